The summed E-state index contributed by atoms with van der Waals surface area (Å²) in [6, 6.07) is 1.55. The van der Waals surface area contributed by atoms with Crippen LogP contribution in [0.4, 0.5) is 0 Å². The molecule has 0 saturated heterocycles. The van der Waals surface area contributed by atoms with Gasteiger partial charge in [0.05, 0.1) is 9.90 Å². The molecule has 4 nitrogen and oxygen atoms in total. The summed E-state index contributed by atoms with van der Waals surface area (Å²) in [5, 5.41) is 11.2. The Morgan fingerprint density at radius 3 is 2.47 bits per heavy atom. The zero-order valence-electron chi connectivity index (χ0n) is 10.2. The van der Waals surface area contributed by atoms with Crippen LogP contribution in [-0.2, 0) is 4.79 Å². The van der Waals surface area contributed by atoms with Crippen molar-refractivity contribution >= 4 is 46.4 Å². The van der Waals surface area contributed by atoms with E-state index in [-0.39, 0.29) is 12.3 Å². The van der Waals surface area contributed by atoms with E-state index in [1.165, 1.54) is 0 Å². The van der Waals surface area contributed by atoms with E-state index >= 15 is 0 Å². The van der Waals surface area contributed by atoms with E-state index in [4.69, 9.17) is 28.3 Å². The molecule has 19 heavy (non-hydrogen) atoms. The number of nitrogens with one attached hydrogen (secondary N) is 1. The molecule has 2 N–H and O–H groups in total. The van der Waals surface area contributed by atoms with Crippen molar-refractivity contribution < 1.29 is 14.7 Å². The predicted molar refractivity (Wildman–Crippen MR) is 77.4 cm³/mol. The van der Waals surface area contributed by atoms with Gasteiger partial charge in [0.25, 0.3) is 5.91 Å². The van der Waals surface area contributed by atoms with E-state index in [0.717, 1.165) is 30.6 Å². The number of hydrogen-bond acceptors (Lipinski definition) is 3. The van der Waals surface area contributed by atoms with Crippen molar-refractivity contribution in [3.05, 3.63) is 20.3 Å². The van der Waals surface area contributed by atoms with Crippen molar-refractivity contribution in [2.24, 2.45) is 0 Å². The molecule has 1 heterocycles. The molecule has 1 rings (SSSR count). The number of hydrogen-bond donors (Lipinski definition) is 2. The maximum Gasteiger partial charge on any atom is 0.303 e. The predicted octanol–water partition coefficient (Wildman–Crippen LogP) is 3.82. The molecule has 0 aromatic carbocycles. The molecule has 0 aliphatic carbocycles. The molecule has 106 valence electrons. The molecule has 1 aromatic rings. The lowest BCUT2D eigenvalue weighted by Gasteiger charge is -2.04. The Balaban J connectivity index is 2.14. The van der Waals surface area contributed by atoms with Gasteiger partial charge in [-0.3, -0.25) is 9.59 Å². The minimum absolute atomic E-state index is 0.204. The molecule has 0 unspecified atom stereocenters. The lowest BCUT2D eigenvalue weighted by atomic mass is 10.1. The van der Waals surface area contributed by atoms with E-state index in [9.17, 15) is 9.59 Å². The molecular weight excluding hydrogens is 309 g/mol. The number of rotatable bonds is 8. The van der Waals surface area contributed by atoms with Gasteiger partial charge in [0.2, 0.25) is 0 Å². The summed E-state index contributed by atoms with van der Waals surface area (Å²) >= 11 is 12.8. The lowest BCUT2D eigenvalue weighted by Crippen LogP contribution is -2.24. The molecule has 0 fully saturated rings. The van der Waals surface area contributed by atoms with Crippen LogP contribution in [0.1, 0.15) is 42.5 Å². The fourth-order valence-electron chi connectivity index (χ4n) is 1.55. The van der Waals surface area contributed by atoms with Gasteiger partial charge >= 0.3 is 5.97 Å². The third kappa shape index (κ3) is 6.27. The van der Waals surface area contributed by atoms with Gasteiger partial charge in [-0.05, 0) is 18.9 Å². The van der Waals surface area contributed by atoms with Crippen LogP contribution in [-0.4, -0.2) is 23.5 Å². The second kappa shape index (κ2) is 8.40. The molecule has 0 saturated carbocycles. The standard InChI is InChI=1S/C12H15Cl2NO3S/c13-9-7-8(11(14)19-9)12(18)15-6-4-2-1-3-5-10(16)17/h7H,1-6H2,(H,15,18)(H,16,17). The van der Waals surface area contributed by atoms with Gasteiger partial charge in [-0.2, -0.15) is 0 Å². The molecule has 7 heteroatoms. The number of thiophene rings is 1. The minimum Gasteiger partial charge on any atom is -0.481 e. The first kappa shape index (κ1) is 16.3. The number of carboxylic acid groups (broad SMARTS) is 1. The lowest BCUT2D eigenvalue weighted by molar-refractivity contribution is -0.137. The normalized spacial score (nSPS) is 10.4. The van der Waals surface area contributed by atoms with Crippen LogP contribution in [0.3, 0.4) is 0 Å². The van der Waals surface area contributed by atoms with Crippen LogP contribution < -0.4 is 5.32 Å². The van der Waals surface area contributed by atoms with Gasteiger partial charge in [-0.25, -0.2) is 0 Å². The number of carbonyl (C=O) groups is 2. The highest BCUT2D eigenvalue weighted by Gasteiger charge is 2.13. The quantitative estimate of drug-likeness (QED) is 0.714. The van der Waals surface area contributed by atoms with Crippen LogP contribution in [0, 0.1) is 0 Å². The van der Waals surface area contributed by atoms with Crippen molar-refractivity contribution in [1.82, 2.24) is 5.32 Å². The van der Waals surface area contributed by atoms with E-state index in [1.807, 2.05) is 0 Å². The van der Waals surface area contributed by atoms with Gasteiger partial charge in [0, 0.05) is 13.0 Å². The van der Waals surface area contributed by atoms with Crippen LogP contribution in [0.2, 0.25) is 8.67 Å². The Kier molecular flexibility index (Phi) is 7.20. The van der Waals surface area contributed by atoms with Gasteiger partial charge < -0.3 is 10.4 Å². The average Bonchev–Trinajstić information content (AvgIpc) is 2.66. The SMILES string of the molecule is O=C(O)CCCCCCNC(=O)c1cc(Cl)sc1Cl. The van der Waals surface area contributed by atoms with Crippen molar-refractivity contribution in [1.29, 1.82) is 0 Å². The smallest absolute Gasteiger partial charge is 0.303 e. The van der Waals surface area contributed by atoms with Crippen molar-refractivity contribution in [2.75, 3.05) is 6.54 Å². The topological polar surface area (TPSA) is 66.4 Å². The largest absolute Gasteiger partial charge is 0.481 e. The van der Waals surface area contributed by atoms with Gasteiger partial charge in [0.1, 0.15) is 4.34 Å². The first-order chi connectivity index (χ1) is 9.00. The van der Waals surface area contributed by atoms with Crippen molar-refractivity contribution in [3.63, 3.8) is 0 Å². The Morgan fingerprint density at radius 2 is 1.89 bits per heavy atom. The summed E-state index contributed by atoms with van der Waals surface area (Å²) < 4.78 is 0.882. The zero-order valence-corrected chi connectivity index (χ0v) is 12.6. The van der Waals surface area contributed by atoms with Crippen molar-refractivity contribution in [3.8, 4) is 0 Å². The van der Waals surface area contributed by atoms with Gasteiger partial charge in [-0.15, -0.1) is 11.3 Å². The summed E-state index contributed by atoms with van der Waals surface area (Å²) in [6.45, 7) is 0.551. The summed E-state index contributed by atoms with van der Waals surface area (Å²) in [4.78, 5) is 22.0. The van der Waals surface area contributed by atoms with E-state index in [2.05, 4.69) is 5.32 Å². The van der Waals surface area contributed by atoms with E-state index in [0.29, 0.717) is 27.2 Å². The number of carbonyl (C=O) groups excluding carboxylic acids is 1. The number of halogens is 2. The second-order valence-corrected chi connectivity index (χ2v) is 6.34. The molecule has 1 amide bonds. The van der Waals surface area contributed by atoms with Crippen LogP contribution in [0.25, 0.3) is 0 Å². The first-order valence-electron chi connectivity index (χ1n) is 5.95. The molecule has 0 aliphatic heterocycles. The maximum absolute atomic E-state index is 11.7. The molecule has 0 bridgehead atoms. The number of amides is 1. The van der Waals surface area contributed by atoms with Gasteiger partial charge in [-0.1, -0.05) is 36.0 Å². The highest BCUT2D eigenvalue weighted by molar-refractivity contribution is 7.20. The summed E-state index contributed by atoms with van der Waals surface area (Å²) in [6.07, 6.45) is 3.45. The molecule has 1 aromatic heterocycles. The van der Waals surface area contributed by atoms with Crippen LogP contribution in [0.15, 0.2) is 6.07 Å². The van der Waals surface area contributed by atoms with E-state index < -0.39 is 5.97 Å². The molecule has 0 atom stereocenters. The molecule has 0 radical (unpaired) electrons. The first-order valence-corrected chi connectivity index (χ1v) is 7.52. The highest BCUT2D eigenvalue weighted by Crippen LogP contribution is 2.30. The maximum atomic E-state index is 11.7. The molecule has 0 spiro atoms. The van der Waals surface area contributed by atoms with Gasteiger partial charge in [0.15, 0.2) is 0 Å². The fourth-order valence-corrected chi connectivity index (χ4v) is 3.01. The minimum atomic E-state index is -0.766. The summed E-state index contributed by atoms with van der Waals surface area (Å²) in [5.41, 5.74) is 0.405. The monoisotopic (exact) mass is 323 g/mol. The molecule has 0 aliphatic rings. The Labute approximate surface area is 125 Å². The number of aliphatic carboxylic acids is 1. The van der Waals surface area contributed by atoms with E-state index in [1.54, 1.807) is 6.07 Å². The van der Waals surface area contributed by atoms with Crippen LogP contribution in [0.5, 0.6) is 0 Å². The Bertz CT molecular complexity index is 448. The number of carboxylic acids is 1. The second-order valence-electron chi connectivity index (χ2n) is 4.05. The highest BCUT2D eigenvalue weighted by atomic mass is 35.5. The summed E-state index contributed by atoms with van der Waals surface area (Å²) in [7, 11) is 0. The van der Waals surface area contributed by atoms with Crippen LogP contribution >= 0.6 is 34.5 Å². The fraction of sp³-hybridized carbons (Fsp3) is 0.500. The third-order valence-electron chi connectivity index (χ3n) is 2.50. The Hall–Kier alpha value is -0.780. The zero-order chi connectivity index (χ0) is 14.3. The summed E-state index contributed by atoms with van der Waals surface area (Å²) in [5.74, 6) is -0.990. The third-order valence-corrected chi connectivity index (χ3v) is 3.99. The molecular formula is C12H15Cl2NO3S. The van der Waals surface area contributed by atoms with Crippen molar-refractivity contribution in [2.45, 2.75) is 32.1 Å². The average molecular weight is 324 g/mol. The Morgan fingerprint density at radius 1 is 1.21 bits per heavy atom. The number of unbranched alkanes of at least 4 members (excludes halogenated alkanes) is 3.